The summed E-state index contributed by atoms with van der Waals surface area (Å²) >= 11 is 0. The molecule has 0 saturated heterocycles. The Morgan fingerprint density at radius 2 is 1.17 bits per heavy atom. The zero-order chi connectivity index (χ0) is 16.3. The second kappa shape index (κ2) is 5.23. The number of nitrogens with zero attached hydrogens (tertiary/aromatic N) is 1. The highest BCUT2D eigenvalue weighted by molar-refractivity contribution is 6.01. The highest BCUT2D eigenvalue weighted by atomic mass is 16.1. The van der Waals surface area contributed by atoms with Crippen molar-refractivity contribution in [1.29, 1.82) is 0 Å². The van der Waals surface area contributed by atoms with Gasteiger partial charge < -0.3 is 0 Å². The van der Waals surface area contributed by atoms with E-state index in [2.05, 4.69) is 6.07 Å². The number of allylic oxidation sites excluding steroid dienone is 4. The summed E-state index contributed by atoms with van der Waals surface area (Å²) in [6, 6.07) is 2.25. The van der Waals surface area contributed by atoms with Crippen molar-refractivity contribution in [1.82, 2.24) is 4.98 Å². The number of rotatable bonds is 0. The molecule has 1 aromatic rings. The number of carbonyl (C=O) groups is 2. The van der Waals surface area contributed by atoms with Crippen LogP contribution in [0.4, 0.5) is 0 Å². The minimum absolute atomic E-state index is 0.247. The van der Waals surface area contributed by atoms with E-state index in [4.69, 9.17) is 4.98 Å². The van der Waals surface area contributed by atoms with Crippen molar-refractivity contribution in [3.05, 3.63) is 40.7 Å². The van der Waals surface area contributed by atoms with Crippen LogP contribution in [-0.4, -0.2) is 16.6 Å². The van der Waals surface area contributed by atoms with Crippen molar-refractivity contribution in [2.24, 2.45) is 11.8 Å². The molecule has 0 N–H and O–H groups in total. The van der Waals surface area contributed by atoms with Crippen molar-refractivity contribution < 1.29 is 9.59 Å². The van der Waals surface area contributed by atoms with Crippen LogP contribution in [0.3, 0.4) is 0 Å². The van der Waals surface area contributed by atoms with Crippen molar-refractivity contribution >= 4 is 22.7 Å². The Bertz CT molecular complexity index is 765. The molecule has 0 fully saturated rings. The summed E-state index contributed by atoms with van der Waals surface area (Å²) in [5.74, 6) is 1.52. The van der Waals surface area contributed by atoms with Crippen LogP contribution >= 0.6 is 0 Å². The quantitative estimate of drug-likeness (QED) is 0.732. The van der Waals surface area contributed by atoms with Gasteiger partial charge in [-0.1, -0.05) is 0 Å². The van der Waals surface area contributed by atoms with Gasteiger partial charge >= 0.3 is 0 Å². The van der Waals surface area contributed by atoms with E-state index in [1.165, 1.54) is 22.3 Å². The zero-order valence-electron chi connectivity index (χ0n) is 13.8. The fraction of sp³-hybridized carbons (Fsp3) is 0.476. The number of hydrogen-bond acceptors (Lipinski definition) is 3. The standard InChI is InChI=1S/C21H21NO2/c23-14-5-1-12-3-7-20-18(16(12)9-14)11-19-17-10-15(24)6-2-13(17)4-8-21(19)22-20/h9-13H,1-8H2. The summed E-state index contributed by atoms with van der Waals surface area (Å²) in [4.78, 5) is 28.9. The Morgan fingerprint density at radius 3 is 1.67 bits per heavy atom. The van der Waals surface area contributed by atoms with Crippen molar-refractivity contribution in [3.63, 3.8) is 0 Å². The molecule has 2 atom stereocenters. The lowest BCUT2D eigenvalue weighted by molar-refractivity contribution is -0.115. The molecule has 0 amide bonds. The van der Waals surface area contributed by atoms with Gasteiger partial charge in [0.25, 0.3) is 0 Å². The van der Waals surface area contributed by atoms with Crippen LogP contribution in [0, 0.1) is 11.8 Å². The summed E-state index contributed by atoms with van der Waals surface area (Å²) in [7, 11) is 0. The number of fused-ring (bicyclic) bond motifs is 6. The fourth-order valence-corrected chi connectivity index (χ4v) is 4.96. The lowest BCUT2D eigenvalue weighted by Gasteiger charge is -2.34. The first kappa shape index (κ1) is 14.3. The molecule has 1 heterocycles. The Morgan fingerprint density at radius 1 is 0.708 bits per heavy atom. The van der Waals surface area contributed by atoms with Gasteiger partial charge in [-0.3, -0.25) is 14.6 Å². The van der Waals surface area contributed by atoms with Gasteiger partial charge in [0.05, 0.1) is 0 Å². The maximum Gasteiger partial charge on any atom is 0.156 e. The number of carbonyl (C=O) groups excluding carboxylic acids is 2. The summed E-state index contributed by atoms with van der Waals surface area (Å²) < 4.78 is 0. The lowest BCUT2D eigenvalue weighted by atomic mass is 9.72. The van der Waals surface area contributed by atoms with Crippen LogP contribution in [0.1, 0.15) is 61.0 Å². The van der Waals surface area contributed by atoms with E-state index in [9.17, 15) is 9.59 Å². The smallest absolute Gasteiger partial charge is 0.156 e. The molecule has 5 rings (SSSR count). The Balaban J connectivity index is 1.68. The minimum Gasteiger partial charge on any atom is -0.295 e. The summed E-state index contributed by atoms with van der Waals surface area (Å²) in [6.07, 6.45) is 11.3. The van der Waals surface area contributed by atoms with Crippen molar-refractivity contribution in [2.45, 2.75) is 51.4 Å². The Hall–Kier alpha value is -2.03. The minimum atomic E-state index is 0.247. The Kier molecular flexibility index (Phi) is 3.12. The third kappa shape index (κ3) is 2.14. The maximum absolute atomic E-state index is 11.9. The van der Waals surface area contributed by atoms with Gasteiger partial charge in [0.1, 0.15) is 0 Å². The highest BCUT2D eigenvalue weighted by Crippen LogP contribution is 2.45. The second-order valence-electron chi connectivity index (χ2n) is 7.66. The van der Waals surface area contributed by atoms with Crippen LogP contribution in [0.2, 0.25) is 0 Å². The summed E-state index contributed by atoms with van der Waals surface area (Å²) in [6.45, 7) is 0. The van der Waals surface area contributed by atoms with Crippen LogP contribution in [0.15, 0.2) is 18.2 Å². The average Bonchev–Trinajstić information content (AvgIpc) is 2.60. The SMILES string of the molecule is O=C1C=C2c3cc4c(nc3CCC2CC1)CCC1CCC(=O)C=C41. The van der Waals surface area contributed by atoms with E-state index in [0.717, 1.165) is 49.9 Å². The van der Waals surface area contributed by atoms with Crippen molar-refractivity contribution in [3.8, 4) is 0 Å². The topological polar surface area (TPSA) is 47.0 Å². The Labute approximate surface area is 141 Å². The van der Waals surface area contributed by atoms with E-state index in [1.54, 1.807) is 0 Å². The van der Waals surface area contributed by atoms with Gasteiger partial charge in [0, 0.05) is 35.4 Å². The number of aromatic nitrogens is 1. The first-order valence-corrected chi connectivity index (χ1v) is 9.21. The molecule has 0 bridgehead atoms. The molecule has 1 aromatic heterocycles. The monoisotopic (exact) mass is 319 g/mol. The van der Waals surface area contributed by atoms with E-state index < -0.39 is 0 Å². The first-order chi connectivity index (χ1) is 11.7. The molecule has 3 heteroatoms. The molecule has 122 valence electrons. The summed E-state index contributed by atoms with van der Waals surface area (Å²) in [5, 5.41) is 0. The second-order valence-corrected chi connectivity index (χ2v) is 7.66. The van der Waals surface area contributed by atoms with E-state index in [-0.39, 0.29) is 11.6 Å². The number of ketones is 2. The fourth-order valence-electron chi connectivity index (χ4n) is 4.96. The molecule has 0 saturated carbocycles. The van der Waals surface area contributed by atoms with E-state index >= 15 is 0 Å². The molecule has 24 heavy (non-hydrogen) atoms. The predicted molar refractivity (Wildman–Crippen MR) is 92.3 cm³/mol. The van der Waals surface area contributed by atoms with Crippen molar-refractivity contribution in [2.75, 3.05) is 0 Å². The molecule has 0 aliphatic heterocycles. The van der Waals surface area contributed by atoms with Crippen LogP contribution in [-0.2, 0) is 22.4 Å². The van der Waals surface area contributed by atoms with E-state index in [1.807, 2.05) is 12.2 Å². The lowest BCUT2D eigenvalue weighted by Crippen LogP contribution is -2.24. The summed E-state index contributed by atoms with van der Waals surface area (Å²) in [5.41, 5.74) is 7.08. The van der Waals surface area contributed by atoms with Gasteiger partial charge in [-0.15, -0.1) is 0 Å². The van der Waals surface area contributed by atoms with Gasteiger partial charge in [-0.25, -0.2) is 0 Å². The largest absolute Gasteiger partial charge is 0.295 e. The van der Waals surface area contributed by atoms with Gasteiger partial charge in [-0.05, 0) is 79.7 Å². The van der Waals surface area contributed by atoms with Gasteiger partial charge in [0.15, 0.2) is 11.6 Å². The molecular weight excluding hydrogens is 298 g/mol. The molecule has 0 spiro atoms. The molecule has 2 unspecified atom stereocenters. The number of aryl methyl sites for hydroxylation is 2. The number of pyridine rings is 1. The van der Waals surface area contributed by atoms with Crippen LogP contribution in [0.25, 0.3) is 11.1 Å². The van der Waals surface area contributed by atoms with Gasteiger partial charge in [-0.2, -0.15) is 0 Å². The molecule has 0 radical (unpaired) electrons. The first-order valence-electron chi connectivity index (χ1n) is 9.21. The molecule has 0 aromatic carbocycles. The molecular formula is C21H21NO2. The zero-order valence-corrected chi connectivity index (χ0v) is 13.8. The van der Waals surface area contributed by atoms with E-state index in [0.29, 0.717) is 24.7 Å². The van der Waals surface area contributed by atoms with Crippen LogP contribution in [0.5, 0.6) is 0 Å². The van der Waals surface area contributed by atoms with Crippen LogP contribution < -0.4 is 0 Å². The molecule has 4 aliphatic carbocycles. The third-order valence-electron chi connectivity index (χ3n) is 6.25. The normalized spacial score (nSPS) is 28.2. The highest BCUT2D eigenvalue weighted by Gasteiger charge is 2.33. The molecule has 4 aliphatic rings. The predicted octanol–water partition coefficient (Wildman–Crippen LogP) is 3.70. The third-order valence-corrected chi connectivity index (χ3v) is 6.25. The molecule has 3 nitrogen and oxygen atoms in total. The number of hydrogen-bond donors (Lipinski definition) is 0. The van der Waals surface area contributed by atoms with Gasteiger partial charge in [0.2, 0.25) is 0 Å². The maximum atomic E-state index is 11.9. The average molecular weight is 319 g/mol.